The Morgan fingerprint density at radius 2 is 1.95 bits per heavy atom. The zero-order valence-electron chi connectivity index (χ0n) is 23.2. The van der Waals surface area contributed by atoms with E-state index in [9.17, 15) is 19.5 Å². The van der Waals surface area contributed by atoms with Crippen molar-refractivity contribution >= 4 is 28.9 Å². The predicted octanol–water partition coefficient (Wildman–Crippen LogP) is 3.18. The molecular formula is C28H30N2O12. The Morgan fingerprint density at radius 1 is 1.21 bits per heavy atom. The molecule has 14 nitrogen and oxygen atoms in total. The molecule has 4 atom stereocenters. The smallest absolute Gasteiger partial charge is 0.506 e. The summed E-state index contributed by atoms with van der Waals surface area (Å²) in [5.74, 6) is 1.97. The maximum Gasteiger partial charge on any atom is 0.509 e. The van der Waals surface area contributed by atoms with Crippen molar-refractivity contribution in [2.45, 2.75) is 76.2 Å². The van der Waals surface area contributed by atoms with Crippen LogP contribution >= 0.6 is 0 Å². The average molecular weight is 587 g/mol. The maximum absolute atomic E-state index is 12.9. The number of carbonyl (C=O) groups is 2. The van der Waals surface area contributed by atoms with Gasteiger partial charge in [0.1, 0.15) is 41.0 Å². The normalized spacial score (nSPS) is 24.8. The lowest BCUT2D eigenvalue weighted by molar-refractivity contribution is -0.301. The first-order valence-electron chi connectivity index (χ1n) is 13.3. The monoisotopic (exact) mass is 586 g/mol. The van der Waals surface area contributed by atoms with Crippen molar-refractivity contribution in [2.75, 3.05) is 13.7 Å². The summed E-state index contributed by atoms with van der Waals surface area (Å²) in [4.78, 5) is 45.9. The highest BCUT2D eigenvalue weighted by molar-refractivity contribution is 6.05. The molecule has 42 heavy (non-hydrogen) atoms. The number of amides is 1. The van der Waals surface area contributed by atoms with E-state index in [0.717, 1.165) is 19.3 Å². The number of nitrogens with zero attached hydrogens (tertiary/aromatic N) is 1. The molecule has 1 spiro atoms. The molecule has 5 rings (SSSR count). The topological polar surface area (TPSA) is 174 Å². The molecule has 2 saturated heterocycles. The molecule has 2 aliphatic heterocycles. The van der Waals surface area contributed by atoms with Crippen LogP contribution in [0.25, 0.3) is 11.0 Å². The Morgan fingerprint density at radius 3 is 2.67 bits per heavy atom. The zero-order valence-corrected chi connectivity index (χ0v) is 23.2. The standard InChI is InChI=1S/C28H30N2O12/c1-5-13-36-30-26(33)42-29-15(3)18-19(31)16-9-10-17(14(2)20(16)38-24(18)32)37-25-22-21(39-27(34)40-22)23(35-4)28(41-25)11-7-6-8-12-28/h1,9-10,21-23,25,31H,6-8,11-13H2,2-4H3,(H,30,33)/b29-15+/t21-,22+,23+,25?/m0/s1. The molecule has 1 aromatic heterocycles. The number of nitrogens with one attached hydrogen (secondary N) is 1. The van der Waals surface area contributed by atoms with Crippen molar-refractivity contribution in [1.29, 1.82) is 0 Å². The van der Waals surface area contributed by atoms with Gasteiger partial charge >= 0.3 is 17.9 Å². The van der Waals surface area contributed by atoms with E-state index >= 15 is 0 Å². The quantitative estimate of drug-likeness (QED) is 0.0924. The molecule has 2 aromatic rings. The zero-order chi connectivity index (χ0) is 30.0. The van der Waals surface area contributed by atoms with Gasteiger partial charge in [0.15, 0.2) is 6.10 Å². The number of methoxy groups -OCH3 is 1. The fraction of sp³-hybridized carbons (Fsp3) is 0.500. The number of aromatic hydroxyl groups is 1. The molecule has 1 amide bonds. The molecule has 2 N–H and O–H groups in total. The molecule has 1 aliphatic carbocycles. The van der Waals surface area contributed by atoms with Crippen LogP contribution in [0.3, 0.4) is 0 Å². The van der Waals surface area contributed by atoms with E-state index in [-0.39, 0.29) is 34.6 Å². The van der Waals surface area contributed by atoms with Gasteiger partial charge in [-0.1, -0.05) is 30.3 Å². The van der Waals surface area contributed by atoms with Crippen molar-refractivity contribution in [3.05, 3.63) is 33.7 Å². The van der Waals surface area contributed by atoms with Crippen LogP contribution in [0.15, 0.2) is 26.5 Å². The number of terminal acetylenes is 1. The van der Waals surface area contributed by atoms with Crippen LogP contribution in [0.5, 0.6) is 11.5 Å². The summed E-state index contributed by atoms with van der Waals surface area (Å²) in [6.45, 7) is 2.78. The number of oxime groups is 1. The fourth-order valence-corrected chi connectivity index (χ4v) is 5.74. The Hall–Kier alpha value is -4.32. The van der Waals surface area contributed by atoms with Gasteiger partial charge in [0.25, 0.3) is 0 Å². The number of rotatable bonds is 7. The summed E-state index contributed by atoms with van der Waals surface area (Å²) >= 11 is 0. The molecule has 0 bridgehead atoms. The number of hydrogen-bond donors (Lipinski definition) is 2. The molecule has 224 valence electrons. The van der Waals surface area contributed by atoms with Gasteiger partial charge in [-0.2, -0.15) is 5.48 Å². The predicted molar refractivity (Wildman–Crippen MR) is 143 cm³/mol. The number of hydrogen-bond acceptors (Lipinski definition) is 13. The first-order valence-corrected chi connectivity index (χ1v) is 13.3. The van der Waals surface area contributed by atoms with Crippen molar-refractivity contribution in [3.8, 4) is 23.8 Å². The maximum atomic E-state index is 12.9. The van der Waals surface area contributed by atoms with Crippen molar-refractivity contribution < 1.29 is 52.5 Å². The van der Waals surface area contributed by atoms with Gasteiger partial charge in [-0.15, -0.1) is 6.42 Å². The Labute approximate surface area is 239 Å². The van der Waals surface area contributed by atoms with E-state index in [1.54, 1.807) is 20.1 Å². The van der Waals surface area contributed by atoms with Gasteiger partial charge in [-0.3, -0.25) is 9.68 Å². The van der Waals surface area contributed by atoms with Crippen molar-refractivity contribution in [1.82, 2.24) is 5.48 Å². The largest absolute Gasteiger partial charge is 0.509 e. The SMILES string of the molecule is C#CCONC(=O)O/N=C(\C)c1c(O)c2ccc(OC3OC4(CCCCC4)[C@H](OC)[C@H]4OC(=O)O[C@@H]34)c(C)c2oc1=O. The van der Waals surface area contributed by atoms with Gasteiger partial charge in [0, 0.05) is 12.7 Å². The lowest BCUT2D eigenvalue weighted by Gasteiger charge is -2.50. The molecule has 1 unspecified atom stereocenters. The molecule has 1 aromatic carbocycles. The Balaban J connectivity index is 1.43. The minimum atomic E-state index is -1.09. The molecule has 3 aliphatic rings. The number of carbonyl (C=O) groups excluding carboxylic acids is 2. The first-order chi connectivity index (χ1) is 20.2. The molecule has 3 heterocycles. The second kappa shape index (κ2) is 11.9. The highest BCUT2D eigenvalue weighted by atomic mass is 16.8. The van der Waals surface area contributed by atoms with E-state index in [1.807, 2.05) is 5.48 Å². The van der Waals surface area contributed by atoms with Gasteiger partial charge in [0.05, 0.1) is 11.1 Å². The van der Waals surface area contributed by atoms with Crippen LogP contribution in [-0.4, -0.2) is 67.0 Å². The van der Waals surface area contributed by atoms with Crippen molar-refractivity contribution in [2.24, 2.45) is 5.16 Å². The van der Waals surface area contributed by atoms with Crippen LogP contribution in [0.4, 0.5) is 9.59 Å². The third-order valence-electron chi connectivity index (χ3n) is 7.61. The van der Waals surface area contributed by atoms with Gasteiger partial charge in [-0.25, -0.2) is 14.4 Å². The average Bonchev–Trinajstić information content (AvgIpc) is 3.35. The van der Waals surface area contributed by atoms with E-state index in [4.69, 9.17) is 34.5 Å². The van der Waals surface area contributed by atoms with E-state index in [2.05, 4.69) is 20.8 Å². The number of fused-ring (bicyclic) bond motifs is 2. The van der Waals surface area contributed by atoms with E-state index in [1.165, 1.54) is 13.0 Å². The molecular weight excluding hydrogens is 556 g/mol. The van der Waals surface area contributed by atoms with Crippen LogP contribution in [0.2, 0.25) is 0 Å². The summed E-state index contributed by atoms with van der Waals surface area (Å²) in [7, 11) is 1.55. The van der Waals surface area contributed by atoms with Crippen LogP contribution in [0.1, 0.15) is 50.2 Å². The lowest BCUT2D eigenvalue weighted by atomic mass is 9.76. The number of ether oxygens (including phenoxy) is 5. The Bertz CT molecular complexity index is 1500. The van der Waals surface area contributed by atoms with Gasteiger partial charge in [0.2, 0.25) is 12.4 Å². The molecule has 1 saturated carbocycles. The summed E-state index contributed by atoms with van der Waals surface area (Å²) in [6.07, 6.45) is 4.14. The lowest BCUT2D eigenvalue weighted by Crippen LogP contribution is -2.65. The molecule has 0 radical (unpaired) electrons. The van der Waals surface area contributed by atoms with Gasteiger partial charge in [-0.05, 0) is 38.8 Å². The minimum absolute atomic E-state index is 0.0436. The Kier molecular flexibility index (Phi) is 8.26. The third kappa shape index (κ3) is 5.34. The van der Waals surface area contributed by atoms with Crippen LogP contribution in [-0.2, 0) is 28.6 Å². The summed E-state index contributed by atoms with van der Waals surface area (Å²) in [6, 6.07) is 3.05. The minimum Gasteiger partial charge on any atom is -0.506 e. The fourth-order valence-electron chi connectivity index (χ4n) is 5.74. The second-order valence-corrected chi connectivity index (χ2v) is 10.1. The van der Waals surface area contributed by atoms with E-state index in [0.29, 0.717) is 18.4 Å². The van der Waals surface area contributed by atoms with Gasteiger partial charge < -0.3 is 33.2 Å². The van der Waals surface area contributed by atoms with Crippen LogP contribution in [0, 0.1) is 19.3 Å². The molecule has 3 fully saturated rings. The summed E-state index contributed by atoms with van der Waals surface area (Å²) < 4.78 is 35.0. The van der Waals surface area contributed by atoms with Crippen molar-refractivity contribution in [3.63, 3.8) is 0 Å². The number of aryl methyl sites for hydroxylation is 1. The summed E-state index contributed by atoms with van der Waals surface area (Å²) in [5.41, 5.74) is 0.189. The summed E-state index contributed by atoms with van der Waals surface area (Å²) in [5, 5.41) is 14.7. The highest BCUT2D eigenvalue weighted by Gasteiger charge is 2.62. The first kappa shape index (κ1) is 29.2. The second-order valence-electron chi connectivity index (χ2n) is 10.1. The third-order valence-corrected chi connectivity index (χ3v) is 7.61. The van der Waals surface area contributed by atoms with E-state index < -0.39 is 53.8 Å². The number of benzene rings is 1. The molecule has 14 heteroatoms. The van der Waals surface area contributed by atoms with Crippen LogP contribution < -0.4 is 15.8 Å². The number of hydroxylamine groups is 1. The highest BCUT2D eigenvalue weighted by Crippen LogP contribution is 2.46.